The van der Waals surface area contributed by atoms with E-state index >= 15 is 4.39 Å². The maximum absolute atomic E-state index is 15.3. The van der Waals surface area contributed by atoms with Crippen molar-refractivity contribution in [3.05, 3.63) is 41.5 Å². The Bertz CT molecular complexity index is 1260. The van der Waals surface area contributed by atoms with Crippen LogP contribution in [-0.2, 0) is 11.8 Å². The van der Waals surface area contributed by atoms with Crippen molar-refractivity contribution < 1.29 is 13.9 Å². The minimum Gasteiger partial charge on any atom is -0.495 e. The van der Waals surface area contributed by atoms with E-state index in [9.17, 15) is 0 Å². The van der Waals surface area contributed by atoms with Crippen molar-refractivity contribution in [3.8, 4) is 23.0 Å². The van der Waals surface area contributed by atoms with Gasteiger partial charge in [0.2, 0.25) is 0 Å². The molecule has 0 saturated carbocycles. The van der Waals surface area contributed by atoms with Gasteiger partial charge in [-0.1, -0.05) is 11.6 Å². The summed E-state index contributed by atoms with van der Waals surface area (Å²) in [7, 11) is 4.90. The highest BCUT2D eigenvalue weighted by Crippen LogP contribution is 2.41. The number of H-pyrrole nitrogens is 1. The molecule has 0 amide bonds. The van der Waals surface area contributed by atoms with E-state index in [1.807, 2.05) is 4.57 Å². The van der Waals surface area contributed by atoms with E-state index in [2.05, 4.69) is 20.1 Å². The van der Waals surface area contributed by atoms with Crippen LogP contribution in [0.2, 0.25) is 5.02 Å². The minimum atomic E-state index is -0.565. The van der Waals surface area contributed by atoms with Crippen molar-refractivity contribution in [2.24, 2.45) is 7.05 Å². The number of rotatable bonds is 7. The number of nitrogens with one attached hydrogen (secondary N) is 1. The molecule has 1 aliphatic heterocycles. The first kappa shape index (κ1) is 20.9. The van der Waals surface area contributed by atoms with Gasteiger partial charge in [-0.05, 0) is 12.5 Å². The number of methoxy groups -OCH3 is 2. The molecule has 32 heavy (non-hydrogen) atoms. The Balaban J connectivity index is 1.73. The first-order chi connectivity index (χ1) is 15.5. The van der Waals surface area contributed by atoms with Gasteiger partial charge >= 0.3 is 0 Å². The predicted molar refractivity (Wildman–Crippen MR) is 118 cm³/mol. The molecule has 1 fully saturated rings. The number of likely N-dealkylation sites (tertiary alicyclic amines) is 1. The number of aromatic nitrogens is 6. The highest BCUT2D eigenvalue weighted by molar-refractivity contribution is 6.33. The van der Waals surface area contributed by atoms with E-state index in [4.69, 9.17) is 26.1 Å². The summed E-state index contributed by atoms with van der Waals surface area (Å²) in [5.41, 5.74) is 1.65. The first-order valence-electron chi connectivity index (χ1n) is 10.2. The van der Waals surface area contributed by atoms with Crippen LogP contribution in [0.4, 0.5) is 4.39 Å². The summed E-state index contributed by atoms with van der Waals surface area (Å²) >= 11 is 6.23. The molecule has 11 heteroatoms. The molecule has 0 unspecified atom stereocenters. The van der Waals surface area contributed by atoms with E-state index in [1.54, 1.807) is 43.5 Å². The van der Waals surface area contributed by atoms with E-state index in [1.165, 1.54) is 7.11 Å². The molecule has 1 N–H and O–H groups in total. The number of aryl methyl sites for hydroxylation is 1. The Morgan fingerprint density at radius 2 is 2.12 bits per heavy atom. The van der Waals surface area contributed by atoms with Gasteiger partial charge in [0.05, 0.1) is 37.3 Å². The van der Waals surface area contributed by atoms with Gasteiger partial charge in [-0.15, -0.1) is 0 Å². The lowest BCUT2D eigenvalue weighted by atomic mass is 10.1. The number of hydrogen-bond donors (Lipinski definition) is 1. The Morgan fingerprint density at radius 1 is 1.31 bits per heavy atom. The zero-order valence-corrected chi connectivity index (χ0v) is 18.7. The number of benzene rings is 1. The van der Waals surface area contributed by atoms with Crippen LogP contribution in [-0.4, -0.2) is 68.1 Å². The number of hydrogen-bond acceptors (Lipinski definition) is 6. The highest BCUT2D eigenvalue weighted by Gasteiger charge is 2.30. The molecule has 4 heterocycles. The molecule has 0 radical (unpaired) electrons. The zero-order chi connectivity index (χ0) is 22.4. The largest absolute Gasteiger partial charge is 0.495 e. The quantitative estimate of drug-likeness (QED) is 0.456. The fraction of sp³-hybridized carbons (Fsp3) is 0.381. The van der Waals surface area contributed by atoms with Crippen LogP contribution in [0.15, 0.2) is 24.8 Å². The summed E-state index contributed by atoms with van der Waals surface area (Å²) in [6.07, 6.45) is 6.25. The van der Waals surface area contributed by atoms with Gasteiger partial charge in [-0.2, -0.15) is 5.10 Å². The average molecular weight is 460 g/mol. The van der Waals surface area contributed by atoms with Crippen molar-refractivity contribution in [3.63, 3.8) is 0 Å². The van der Waals surface area contributed by atoms with Crippen molar-refractivity contribution in [2.75, 3.05) is 33.9 Å². The van der Waals surface area contributed by atoms with Crippen LogP contribution in [0.1, 0.15) is 18.3 Å². The number of imidazole rings is 1. The average Bonchev–Trinajstić information content (AvgIpc) is 3.48. The Hall–Kier alpha value is -2.95. The fourth-order valence-electron chi connectivity index (χ4n) is 4.25. The maximum Gasteiger partial charge on any atom is 0.200 e. The Labute approximate surface area is 188 Å². The summed E-state index contributed by atoms with van der Waals surface area (Å²) in [4.78, 5) is 11.2. The highest BCUT2D eigenvalue weighted by atomic mass is 35.5. The molecule has 1 aliphatic rings. The summed E-state index contributed by atoms with van der Waals surface area (Å²) < 4.78 is 29.6. The third kappa shape index (κ3) is 3.17. The molecule has 0 spiro atoms. The van der Waals surface area contributed by atoms with Crippen molar-refractivity contribution in [1.29, 1.82) is 0 Å². The molecule has 1 saturated heterocycles. The maximum atomic E-state index is 15.3. The standard InChI is InChI=1S/C21H23ClFN7O2/c1-28-17-12(9-14(32-3)15(22)16(17)23)18(30-8-5-24-11-30)19(28)21-25-20(26-27-21)13(10-31-2)29-6-4-7-29/h5,8-9,11,13H,4,6-7,10H2,1-3H3,(H,25,26,27)/t13-/m0/s1. The van der Waals surface area contributed by atoms with E-state index in [0.717, 1.165) is 19.5 Å². The lowest BCUT2D eigenvalue weighted by molar-refractivity contribution is 0.0463. The molecule has 1 atom stereocenters. The molecular formula is C21H23ClFN7O2. The number of fused-ring (bicyclic) bond motifs is 1. The van der Waals surface area contributed by atoms with Crippen molar-refractivity contribution in [1.82, 2.24) is 34.2 Å². The molecule has 1 aromatic carbocycles. The van der Waals surface area contributed by atoms with E-state index in [0.29, 0.717) is 40.5 Å². The Morgan fingerprint density at radius 3 is 2.75 bits per heavy atom. The minimum absolute atomic E-state index is 0.0207. The second kappa shape index (κ2) is 8.19. The van der Waals surface area contributed by atoms with Gasteiger partial charge < -0.3 is 18.6 Å². The second-order valence-electron chi connectivity index (χ2n) is 7.73. The van der Waals surface area contributed by atoms with Gasteiger partial charge in [0.15, 0.2) is 11.6 Å². The number of aromatic amines is 1. The molecule has 4 aromatic rings. The van der Waals surface area contributed by atoms with Crippen LogP contribution in [0, 0.1) is 5.82 Å². The van der Waals surface area contributed by atoms with E-state index < -0.39 is 5.82 Å². The Kier molecular flexibility index (Phi) is 5.36. The summed E-state index contributed by atoms with van der Waals surface area (Å²) in [6.45, 7) is 2.48. The summed E-state index contributed by atoms with van der Waals surface area (Å²) in [5.74, 6) is 0.839. The van der Waals surface area contributed by atoms with Gasteiger partial charge in [0.1, 0.15) is 22.3 Å². The lowest BCUT2D eigenvalue weighted by Crippen LogP contribution is -2.42. The number of ether oxygens (including phenoxy) is 2. The molecule has 0 aliphatic carbocycles. The normalized spacial score (nSPS) is 15.3. The molecule has 5 rings (SSSR count). The van der Waals surface area contributed by atoms with Gasteiger partial charge in [-0.3, -0.25) is 10.00 Å². The first-order valence-corrected chi connectivity index (χ1v) is 10.6. The van der Waals surface area contributed by atoms with E-state index in [-0.39, 0.29) is 16.8 Å². The zero-order valence-electron chi connectivity index (χ0n) is 18.0. The molecular weight excluding hydrogens is 437 g/mol. The third-order valence-corrected chi connectivity index (χ3v) is 6.32. The predicted octanol–water partition coefficient (Wildman–Crippen LogP) is 3.34. The van der Waals surface area contributed by atoms with Crippen LogP contribution in [0.5, 0.6) is 5.75 Å². The molecule has 9 nitrogen and oxygen atoms in total. The van der Waals surface area contributed by atoms with Crippen LogP contribution in [0.3, 0.4) is 0 Å². The smallest absolute Gasteiger partial charge is 0.200 e. The van der Waals surface area contributed by atoms with Gasteiger partial charge in [0.25, 0.3) is 0 Å². The fourth-order valence-corrected chi connectivity index (χ4v) is 4.47. The molecule has 0 bridgehead atoms. The van der Waals surface area contributed by atoms with Gasteiger partial charge in [0, 0.05) is 45.0 Å². The van der Waals surface area contributed by atoms with Gasteiger partial charge in [-0.25, -0.2) is 14.4 Å². The second-order valence-corrected chi connectivity index (χ2v) is 8.11. The topological polar surface area (TPSA) is 86.0 Å². The number of halogens is 2. The van der Waals surface area contributed by atoms with Crippen LogP contribution < -0.4 is 4.74 Å². The molecule has 168 valence electrons. The third-order valence-electron chi connectivity index (χ3n) is 5.97. The summed E-state index contributed by atoms with van der Waals surface area (Å²) in [6, 6.07) is 1.70. The number of nitrogens with zero attached hydrogens (tertiary/aromatic N) is 6. The van der Waals surface area contributed by atoms with Crippen LogP contribution >= 0.6 is 11.6 Å². The summed E-state index contributed by atoms with van der Waals surface area (Å²) in [5, 5.41) is 8.10. The lowest BCUT2D eigenvalue weighted by Gasteiger charge is -2.36. The monoisotopic (exact) mass is 459 g/mol. The van der Waals surface area contributed by atoms with Crippen molar-refractivity contribution >= 4 is 22.5 Å². The SMILES string of the molecule is COC[C@@H](c1nc(-c2c(-n3ccnc3)c3cc(OC)c(Cl)c(F)c3n2C)n[nH]1)N1CCC1. The van der Waals surface area contributed by atoms with Crippen molar-refractivity contribution in [2.45, 2.75) is 12.5 Å². The van der Waals surface area contributed by atoms with Crippen LogP contribution in [0.25, 0.3) is 28.1 Å². The molecule has 3 aromatic heterocycles.